The van der Waals surface area contributed by atoms with Crippen LogP contribution in [0.25, 0.3) is 0 Å². The first kappa shape index (κ1) is 35.3. The van der Waals surface area contributed by atoms with Gasteiger partial charge in [0, 0.05) is 18.9 Å². The van der Waals surface area contributed by atoms with Crippen molar-refractivity contribution in [3.05, 3.63) is 35.4 Å². The molecule has 3 fully saturated rings. The SMILES string of the molecule is CCC[C@H](NC(=O)[C@@H]1C[C@]2(CC(c3cccc(C)c3)=NO2)CN1C(=O)[C@@H](NC(=O)OC1CCCCC1)C(C)(C)C)C(=O)C(=O)NC1CC1. The van der Waals surface area contributed by atoms with Gasteiger partial charge in [-0.15, -0.1) is 0 Å². The lowest BCUT2D eigenvalue weighted by Crippen LogP contribution is -2.59. The number of ketones is 1. The van der Waals surface area contributed by atoms with E-state index in [9.17, 15) is 24.0 Å². The van der Waals surface area contributed by atoms with Gasteiger partial charge in [0.1, 0.15) is 18.2 Å². The number of nitrogens with zero attached hydrogens (tertiary/aromatic N) is 2. The normalized spacial score (nSPS) is 23.9. The van der Waals surface area contributed by atoms with Gasteiger partial charge < -0.3 is 30.4 Å². The summed E-state index contributed by atoms with van der Waals surface area (Å²) in [4.78, 5) is 75.1. The lowest BCUT2D eigenvalue weighted by Gasteiger charge is -2.35. The van der Waals surface area contributed by atoms with Gasteiger partial charge in [0.2, 0.25) is 17.6 Å². The van der Waals surface area contributed by atoms with Crippen LogP contribution in [0.2, 0.25) is 0 Å². The first-order chi connectivity index (χ1) is 22.8. The monoisotopic (exact) mass is 665 g/mol. The Labute approximate surface area is 283 Å². The van der Waals surface area contributed by atoms with Gasteiger partial charge in [0.25, 0.3) is 5.91 Å². The maximum absolute atomic E-state index is 14.5. The molecule has 1 saturated heterocycles. The maximum Gasteiger partial charge on any atom is 0.408 e. The first-order valence-corrected chi connectivity index (χ1v) is 17.5. The Kier molecular flexibility index (Phi) is 10.8. The number of oxime groups is 1. The van der Waals surface area contributed by atoms with Gasteiger partial charge in [0.15, 0.2) is 5.60 Å². The number of carbonyl (C=O) groups is 5. The Hall–Kier alpha value is -3.96. The predicted octanol–water partition coefficient (Wildman–Crippen LogP) is 4.07. The molecule has 48 heavy (non-hydrogen) atoms. The van der Waals surface area contributed by atoms with Crippen LogP contribution in [0.3, 0.4) is 0 Å². The van der Waals surface area contributed by atoms with Crippen molar-refractivity contribution in [1.29, 1.82) is 0 Å². The summed E-state index contributed by atoms with van der Waals surface area (Å²) in [6, 6.07) is 4.78. The van der Waals surface area contributed by atoms with Crippen molar-refractivity contribution in [3.8, 4) is 0 Å². The molecule has 4 aliphatic rings. The van der Waals surface area contributed by atoms with E-state index >= 15 is 0 Å². The number of ether oxygens (including phenoxy) is 1. The van der Waals surface area contributed by atoms with Crippen LogP contribution in [0, 0.1) is 12.3 Å². The number of likely N-dealkylation sites (tertiary alicyclic amines) is 1. The second-order valence-electron chi connectivity index (χ2n) is 15.1. The largest absolute Gasteiger partial charge is 0.446 e. The summed E-state index contributed by atoms with van der Waals surface area (Å²) < 4.78 is 5.71. The van der Waals surface area contributed by atoms with Gasteiger partial charge in [-0.2, -0.15) is 0 Å². The van der Waals surface area contributed by atoms with Crippen molar-refractivity contribution in [2.45, 2.75) is 141 Å². The third-order valence-electron chi connectivity index (χ3n) is 9.72. The fourth-order valence-electron chi connectivity index (χ4n) is 6.88. The van der Waals surface area contributed by atoms with Gasteiger partial charge in [-0.25, -0.2) is 4.79 Å². The van der Waals surface area contributed by atoms with Gasteiger partial charge in [0.05, 0.1) is 18.3 Å². The molecule has 2 aliphatic heterocycles. The maximum atomic E-state index is 14.5. The molecule has 262 valence electrons. The van der Waals surface area contributed by atoms with Crippen LogP contribution in [0.15, 0.2) is 29.4 Å². The van der Waals surface area contributed by atoms with E-state index in [0.717, 1.165) is 56.1 Å². The summed E-state index contributed by atoms with van der Waals surface area (Å²) >= 11 is 0. The van der Waals surface area contributed by atoms with Crippen LogP contribution in [0.1, 0.15) is 109 Å². The molecule has 0 unspecified atom stereocenters. The minimum absolute atomic E-state index is 0.00372. The minimum atomic E-state index is -1.04. The van der Waals surface area contributed by atoms with E-state index in [4.69, 9.17) is 9.57 Å². The number of nitrogens with one attached hydrogen (secondary N) is 3. The van der Waals surface area contributed by atoms with Crippen molar-refractivity contribution < 1.29 is 33.5 Å². The second kappa shape index (κ2) is 14.7. The molecule has 4 amide bonds. The average Bonchev–Trinajstić information content (AvgIpc) is 3.63. The topological polar surface area (TPSA) is 156 Å². The van der Waals surface area contributed by atoms with Crippen LogP contribution < -0.4 is 16.0 Å². The zero-order valence-corrected chi connectivity index (χ0v) is 28.9. The van der Waals surface area contributed by atoms with Crippen LogP contribution in [0.5, 0.6) is 0 Å². The molecule has 2 saturated carbocycles. The lowest BCUT2D eigenvalue weighted by molar-refractivity contribution is -0.144. The standard InChI is InChI=1S/C36H51N5O7/c1-6-11-26(29(42)32(44)37-24-16-17-24)38-31(43)28-20-36(19-27(40-48-36)23-13-10-12-22(2)18-23)21-41(28)33(45)30(35(3,4)5)39-34(46)47-25-14-8-7-9-15-25/h10,12-13,18,24-26,28,30H,6-9,11,14-17,19-21H2,1-5H3,(H,37,44)(H,38,43)(H,39,46)/t26-,28-,30+,36+/m0/s1. The van der Waals surface area contributed by atoms with Crippen LogP contribution >= 0.6 is 0 Å². The highest BCUT2D eigenvalue weighted by Crippen LogP contribution is 2.40. The summed E-state index contributed by atoms with van der Waals surface area (Å²) in [5, 5.41) is 12.7. The Balaban J connectivity index is 1.38. The highest BCUT2D eigenvalue weighted by atomic mass is 16.7. The van der Waals surface area contributed by atoms with Crippen molar-refractivity contribution in [2.24, 2.45) is 10.6 Å². The van der Waals surface area contributed by atoms with E-state index in [0.29, 0.717) is 18.6 Å². The molecular formula is C36H51N5O7. The molecule has 1 spiro atoms. The summed E-state index contributed by atoms with van der Waals surface area (Å²) in [6.07, 6.45) is 6.76. The molecular weight excluding hydrogens is 614 g/mol. The number of carbonyl (C=O) groups excluding carboxylic acids is 5. The van der Waals surface area contributed by atoms with Gasteiger partial charge in [-0.05, 0) is 62.8 Å². The highest BCUT2D eigenvalue weighted by molar-refractivity contribution is 6.38. The second-order valence-corrected chi connectivity index (χ2v) is 15.1. The van der Waals surface area contributed by atoms with Crippen molar-refractivity contribution in [2.75, 3.05) is 6.54 Å². The first-order valence-electron chi connectivity index (χ1n) is 17.5. The zero-order chi connectivity index (χ0) is 34.6. The Morgan fingerprint density at radius 3 is 2.44 bits per heavy atom. The molecule has 1 aromatic carbocycles. The van der Waals surface area contributed by atoms with Crippen LogP contribution in [0.4, 0.5) is 4.79 Å². The smallest absolute Gasteiger partial charge is 0.408 e. The van der Waals surface area contributed by atoms with E-state index < -0.39 is 58.7 Å². The summed E-state index contributed by atoms with van der Waals surface area (Å²) in [7, 11) is 0. The van der Waals surface area contributed by atoms with Crippen molar-refractivity contribution in [3.63, 3.8) is 0 Å². The molecule has 2 aliphatic carbocycles. The zero-order valence-electron chi connectivity index (χ0n) is 28.9. The fraction of sp³-hybridized carbons (Fsp3) is 0.667. The molecule has 12 heteroatoms. The molecule has 0 aromatic heterocycles. The molecule has 1 aromatic rings. The van der Waals surface area contributed by atoms with Crippen LogP contribution in [-0.4, -0.2) is 82.6 Å². The number of benzene rings is 1. The summed E-state index contributed by atoms with van der Waals surface area (Å²) in [5.74, 6) is -2.44. The van der Waals surface area contributed by atoms with E-state index in [1.54, 1.807) is 0 Å². The number of aryl methyl sites for hydroxylation is 1. The summed E-state index contributed by atoms with van der Waals surface area (Å²) in [5.41, 5.74) is 0.946. The van der Waals surface area contributed by atoms with E-state index in [-0.39, 0.29) is 31.5 Å². The van der Waals surface area contributed by atoms with Gasteiger partial charge in [-0.3, -0.25) is 19.2 Å². The molecule has 3 N–H and O–H groups in total. The molecule has 0 radical (unpaired) electrons. The molecule has 12 nitrogen and oxygen atoms in total. The molecule has 0 bridgehead atoms. The van der Waals surface area contributed by atoms with Gasteiger partial charge >= 0.3 is 6.09 Å². The molecule has 4 atom stereocenters. The number of alkyl carbamates (subject to hydrolysis) is 1. The fourth-order valence-corrected chi connectivity index (χ4v) is 6.88. The Morgan fingerprint density at radius 1 is 1.06 bits per heavy atom. The van der Waals surface area contributed by atoms with E-state index in [2.05, 4.69) is 21.1 Å². The van der Waals surface area contributed by atoms with Crippen molar-refractivity contribution in [1.82, 2.24) is 20.9 Å². The van der Waals surface area contributed by atoms with Gasteiger partial charge in [-0.1, -0.05) is 75.5 Å². The predicted molar refractivity (Wildman–Crippen MR) is 179 cm³/mol. The number of hydrogen-bond acceptors (Lipinski definition) is 8. The Bertz CT molecular complexity index is 1430. The number of hydrogen-bond donors (Lipinski definition) is 3. The third-order valence-corrected chi connectivity index (χ3v) is 9.72. The summed E-state index contributed by atoms with van der Waals surface area (Å²) in [6.45, 7) is 9.44. The minimum Gasteiger partial charge on any atom is -0.446 e. The highest BCUT2D eigenvalue weighted by Gasteiger charge is 2.55. The lowest BCUT2D eigenvalue weighted by atomic mass is 9.85. The van der Waals surface area contributed by atoms with Crippen LogP contribution in [-0.2, 0) is 28.8 Å². The Morgan fingerprint density at radius 2 is 1.79 bits per heavy atom. The number of amides is 4. The quantitative estimate of drug-likeness (QED) is 0.301. The number of Topliss-reactive ketones (excluding diaryl/α,β-unsaturated/α-hetero) is 1. The van der Waals surface area contributed by atoms with E-state index in [1.165, 1.54) is 4.90 Å². The number of rotatable bonds is 11. The van der Waals surface area contributed by atoms with E-state index in [1.807, 2.05) is 58.9 Å². The average molecular weight is 666 g/mol. The molecule has 5 rings (SSSR count). The van der Waals surface area contributed by atoms with Crippen molar-refractivity contribution >= 4 is 35.3 Å². The third kappa shape index (κ3) is 8.54. The molecule has 2 heterocycles.